The SMILES string of the molecule is CCCCCOS([NH])(=O)=O. The van der Waals surface area contributed by atoms with Crippen molar-refractivity contribution in [1.82, 2.24) is 5.14 Å². The van der Waals surface area contributed by atoms with Gasteiger partial charge in [-0.05, 0) is 6.42 Å². The fraction of sp³-hybridized carbons (Fsp3) is 1.00. The Kier molecular flexibility index (Phi) is 4.59. The molecule has 0 fully saturated rings. The van der Waals surface area contributed by atoms with Crippen molar-refractivity contribution in [3.8, 4) is 0 Å². The number of unbranched alkanes of at least 4 members (excludes halogenated alkanes) is 2. The third kappa shape index (κ3) is 7.87. The van der Waals surface area contributed by atoms with Gasteiger partial charge in [-0.1, -0.05) is 19.8 Å². The van der Waals surface area contributed by atoms with E-state index < -0.39 is 10.3 Å². The maximum absolute atomic E-state index is 10.0. The van der Waals surface area contributed by atoms with E-state index in [0.717, 1.165) is 12.8 Å². The molecule has 0 saturated carbocycles. The van der Waals surface area contributed by atoms with Gasteiger partial charge in [0.15, 0.2) is 0 Å². The zero-order valence-corrected chi connectivity index (χ0v) is 6.78. The normalized spacial score (nSPS) is 11.8. The van der Waals surface area contributed by atoms with Crippen LogP contribution in [0.3, 0.4) is 0 Å². The molecular formula is C5H12NO3S. The Balaban J connectivity index is 3.21. The van der Waals surface area contributed by atoms with Crippen LogP contribution in [0.2, 0.25) is 0 Å². The standard InChI is InChI=1S/C5H12NO3S/c1-2-3-4-5-9-10(6,7)8/h6H,2-5H2,1H3. The molecule has 0 aliphatic heterocycles. The summed E-state index contributed by atoms with van der Waals surface area (Å²) >= 11 is 0. The summed E-state index contributed by atoms with van der Waals surface area (Å²) in [6.45, 7) is 2.15. The van der Waals surface area contributed by atoms with Gasteiger partial charge in [0.05, 0.1) is 6.61 Å². The highest BCUT2D eigenvalue weighted by atomic mass is 32.2. The van der Waals surface area contributed by atoms with Gasteiger partial charge in [0.1, 0.15) is 0 Å². The largest absolute Gasteiger partial charge is 0.349 e. The van der Waals surface area contributed by atoms with E-state index in [1.54, 1.807) is 0 Å². The topological polar surface area (TPSA) is 67.2 Å². The van der Waals surface area contributed by atoms with Crippen LogP contribution in [0.4, 0.5) is 0 Å². The number of hydrogen-bond donors (Lipinski definition) is 0. The van der Waals surface area contributed by atoms with Gasteiger partial charge in [-0.3, -0.25) is 4.18 Å². The van der Waals surface area contributed by atoms with Crippen molar-refractivity contribution in [3.05, 3.63) is 0 Å². The second-order valence-electron chi connectivity index (χ2n) is 1.98. The van der Waals surface area contributed by atoms with E-state index in [2.05, 4.69) is 4.18 Å². The smallest absolute Gasteiger partial charge is 0.257 e. The molecule has 0 atom stereocenters. The highest BCUT2D eigenvalue weighted by molar-refractivity contribution is 7.84. The summed E-state index contributed by atoms with van der Waals surface area (Å²) in [5.74, 6) is 0. The highest BCUT2D eigenvalue weighted by Crippen LogP contribution is 1.95. The van der Waals surface area contributed by atoms with Crippen LogP contribution in [0.5, 0.6) is 0 Å². The van der Waals surface area contributed by atoms with Crippen molar-refractivity contribution in [2.45, 2.75) is 26.2 Å². The van der Waals surface area contributed by atoms with Crippen molar-refractivity contribution in [2.75, 3.05) is 6.61 Å². The predicted molar refractivity (Wildman–Crippen MR) is 37.5 cm³/mol. The summed E-state index contributed by atoms with van der Waals surface area (Å²) in [6.07, 6.45) is 2.66. The van der Waals surface area contributed by atoms with E-state index in [0.29, 0.717) is 6.42 Å². The van der Waals surface area contributed by atoms with E-state index in [9.17, 15) is 8.42 Å². The molecule has 0 aliphatic carbocycles. The molecule has 0 saturated heterocycles. The summed E-state index contributed by atoms with van der Waals surface area (Å²) in [5.41, 5.74) is 0. The Bertz CT molecular complexity index is 164. The van der Waals surface area contributed by atoms with Crippen molar-refractivity contribution < 1.29 is 12.6 Å². The molecule has 0 heterocycles. The zero-order valence-electron chi connectivity index (χ0n) is 5.96. The predicted octanol–water partition coefficient (Wildman–Crippen LogP) is 0.721. The minimum Gasteiger partial charge on any atom is -0.257 e. The van der Waals surface area contributed by atoms with Crippen LogP contribution in [0, 0.1) is 0 Å². The van der Waals surface area contributed by atoms with Crippen molar-refractivity contribution in [3.63, 3.8) is 0 Å². The lowest BCUT2D eigenvalue weighted by Crippen LogP contribution is -2.06. The minimum atomic E-state index is -3.95. The lowest BCUT2D eigenvalue weighted by molar-refractivity contribution is 0.307. The Morgan fingerprint density at radius 2 is 2.00 bits per heavy atom. The summed E-state index contributed by atoms with van der Waals surface area (Å²) in [6, 6.07) is 0. The van der Waals surface area contributed by atoms with Gasteiger partial charge in [-0.2, -0.15) is 8.42 Å². The summed E-state index contributed by atoms with van der Waals surface area (Å²) < 4.78 is 24.2. The molecule has 0 spiro atoms. The summed E-state index contributed by atoms with van der Waals surface area (Å²) in [5, 5.41) is 6.32. The molecule has 0 aliphatic rings. The molecule has 0 rings (SSSR count). The van der Waals surface area contributed by atoms with Crippen LogP contribution in [0.25, 0.3) is 0 Å². The molecule has 0 aromatic rings. The van der Waals surface area contributed by atoms with Crippen molar-refractivity contribution in [1.29, 1.82) is 0 Å². The van der Waals surface area contributed by atoms with Crippen LogP contribution in [-0.4, -0.2) is 15.0 Å². The molecular weight excluding hydrogens is 154 g/mol. The molecule has 0 aromatic carbocycles. The summed E-state index contributed by atoms with van der Waals surface area (Å²) in [7, 11) is -3.95. The molecule has 1 radical (unpaired) electrons. The van der Waals surface area contributed by atoms with Crippen LogP contribution in [0.15, 0.2) is 0 Å². The Morgan fingerprint density at radius 1 is 1.40 bits per heavy atom. The second kappa shape index (κ2) is 4.65. The van der Waals surface area contributed by atoms with E-state index >= 15 is 0 Å². The van der Waals surface area contributed by atoms with Gasteiger partial charge in [-0.15, -0.1) is 5.14 Å². The first-order valence-electron chi connectivity index (χ1n) is 3.20. The van der Waals surface area contributed by atoms with E-state index in [4.69, 9.17) is 5.14 Å². The number of rotatable bonds is 5. The third-order valence-electron chi connectivity index (χ3n) is 0.986. The molecule has 5 heteroatoms. The van der Waals surface area contributed by atoms with Gasteiger partial charge >= 0.3 is 10.3 Å². The first kappa shape index (κ1) is 9.87. The van der Waals surface area contributed by atoms with Crippen LogP contribution < -0.4 is 5.14 Å². The lowest BCUT2D eigenvalue weighted by Gasteiger charge is -1.97. The molecule has 0 amide bonds. The van der Waals surface area contributed by atoms with Crippen molar-refractivity contribution >= 4 is 10.3 Å². The van der Waals surface area contributed by atoms with Crippen LogP contribution in [-0.2, 0) is 14.5 Å². The Morgan fingerprint density at radius 3 is 2.40 bits per heavy atom. The van der Waals surface area contributed by atoms with Gasteiger partial charge in [-0.25, -0.2) is 0 Å². The van der Waals surface area contributed by atoms with Gasteiger partial charge in [0.25, 0.3) is 0 Å². The van der Waals surface area contributed by atoms with Crippen LogP contribution in [0.1, 0.15) is 26.2 Å². The highest BCUT2D eigenvalue weighted by Gasteiger charge is 2.00. The van der Waals surface area contributed by atoms with Crippen LogP contribution >= 0.6 is 0 Å². The maximum atomic E-state index is 10.0. The molecule has 10 heavy (non-hydrogen) atoms. The molecule has 0 unspecified atom stereocenters. The first-order chi connectivity index (χ1) is 4.56. The van der Waals surface area contributed by atoms with Crippen molar-refractivity contribution in [2.24, 2.45) is 0 Å². The third-order valence-corrected chi connectivity index (χ3v) is 1.46. The Labute approximate surface area is 61.6 Å². The first-order valence-corrected chi connectivity index (χ1v) is 4.61. The molecule has 1 N–H and O–H groups in total. The zero-order chi connectivity index (χ0) is 8.04. The van der Waals surface area contributed by atoms with E-state index in [-0.39, 0.29) is 6.61 Å². The average molecular weight is 166 g/mol. The minimum absolute atomic E-state index is 0.139. The summed E-state index contributed by atoms with van der Waals surface area (Å²) in [4.78, 5) is 0. The van der Waals surface area contributed by atoms with Gasteiger partial charge in [0, 0.05) is 0 Å². The second-order valence-corrected chi connectivity index (χ2v) is 3.13. The number of nitrogens with one attached hydrogen (secondary N) is 1. The van der Waals surface area contributed by atoms with Gasteiger partial charge in [0.2, 0.25) is 0 Å². The monoisotopic (exact) mass is 166 g/mol. The molecule has 4 nitrogen and oxygen atoms in total. The Hall–Kier alpha value is -0.130. The van der Waals surface area contributed by atoms with Gasteiger partial charge < -0.3 is 0 Å². The van der Waals surface area contributed by atoms with E-state index in [1.165, 1.54) is 0 Å². The average Bonchev–Trinajstić information content (AvgIpc) is 1.78. The molecule has 61 valence electrons. The lowest BCUT2D eigenvalue weighted by atomic mass is 10.3. The quantitative estimate of drug-likeness (QED) is 0.565. The van der Waals surface area contributed by atoms with E-state index in [1.807, 2.05) is 6.92 Å². The molecule has 0 aromatic heterocycles. The maximum Gasteiger partial charge on any atom is 0.349 e. The molecule has 0 bridgehead atoms. The number of hydrogen-bond acceptors (Lipinski definition) is 3. The fourth-order valence-electron chi connectivity index (χ4n) is 0.521. The fourth-order valence-corrected chi connectivity index (χ4v) is 0.858.